The van der Waals surface area contributed by atoms with Gasteiger partial charge in [0.15, 0.2) is 0 Å². The van der Waals surface area contributed by atoms with E-state index in [1.54, 1.807) is 18.2 Å². The van der Waals surface area contributed by atoms with E-state index in [4.69, 9.17) is 0 Å². The highest BCUT2D eigenvalue weighted by atomic mass is 16.1. The number of nitrogens with one attached hydrogen (secondary N) is 1. The molecule has 0 bridgehead atoms. The van der Waals surface area contributed by atoms with Crippen LogP contribution in [0.2, 0.25) is 0 Å². The lowest BCUT2D eigenvalue weighted by atomic mass is 10.1. The minimum atomic E-state index is -0.143. The zero-order valence-electron chi connectivity index (χ0n) is 12.4. The van der Waals surface area contributed by atoms with Crippen LogP contribution in [-0.4, -0.2) is 21.5 Å². The fraction of sp³-hybridized carbons (Fsp3) is 0.167. The Hall–Kier alpha value is -2.95. The quantitative estimate of drug-likeness (QED) is 0.807. The summed E-state index contributed by atoms with van der Waals surface area (Å²) in [5.41, 5.74) is 1.69. The zero-order valence-corrected chi connectivity index (χ0v) is 12.4. The molecule has 2 aromatic carbocycles. The number of nitrogens with zero attached hydrogens (tertiary/aromatic N) is 2. The highest BCUT2D eigenvalue weighted by Gasteiger charge is 2.24. The summed E-state index contributed by atoms with van der Waals surface area (Å²) in [6.45, 7) is 0. The van der Waals surface area contributed by atoms with Gasteiger partial charge in [-0.2, -0.15) is 0 Å². The maximum Gasteiger partial charge on any atom is 0.265 e. The summed E-state index contributed by atoms with van der Waals surface area (Å²) in [5.74, 6) is -0.108. The fourth-order valence-corrected chi connectivity index (χ4v) is 2.53. The van der Waals surface area contributed by atoms with Gasteiger partial charge in [0.25, 0.3) is 11.5 Å². The van der Waals surface area contributed by atoms with Gasteiger partial charge in [0, 0.05) is 11.6 Å². The second-order valence-corrected chi connectivity index (χ2v) is 5.73. The lowest BCUT2D eigenvalue weighted by Gasteiger charge is -2.08. The molecular weight excluding hydrogens is 290 g/mol. The van der Waals surface area contributed by atoms with Crippen molar-refractivity contribution < 1.29 is 4.79 Å². The van der Waals surface area contributed by atoms with E-state index in [-0.39, 0.29) is 11.5 Å². The molecule has 0 atom stereocenters. The average Bonchev–Trinajstić information content (AvgIpc) is 3.39. The number of aromatic nitrogens is 2. The molecule has 5 nitrogen and oxygen atoms in total. The van der Waals surface area contributed by atoms with Gasteiger partial charge in [-0.15, -0.1) is 0 Å². The smallest absolute Gasteiger partial charge is 0.265 e. The van der Waals surface area contributed by atoms with Crippen LogP contribution in [0.15, 0.2) is 59.7 Å². The van der Waals surface area contributed by atoms with E-state index in [9.17, 15) is 9.59 Å². The first-order chi connectivity index (χ1) is 11.2. The summed E-state index contributed by atoms with van der Waals surface area (Å²) in [7, 11) is 0. The first-order valence-electron chi connectivity index (χ1n) is 7.60. The van der Waals surface area contributed by atoms with E-state index in [2.05, 4.69) is 10.3 Å². The predicted molar refractivity (Wildman–Crippen MR) is 87.8 cm³/mol. The number of amides is 1. The molecule has 1 fully saturated rings. The molecule has 1 aliphatic carbocycles. The van der Waals surface area contributed by atoms with E-state index in [0.717, 1.165) is 18.5 Å². The van der Waals surface area contributed by atoms with E-state index in [1.165, 1.54) is 10.9 Å². The van der Waals surface area contributed by atoms with Gasteiger partial charge in [0.2, 0.25) is 0 Å². The van der Waals surface area contributed by atoms with Crippen LogP contribution in [0.3, 0.4) is 0 Å². The van der Waals surface area contributed by atoms with Crippen LogP contribution in [0.5, 0.6) is 0 Å². The monoisotopic (exact) mass is 305 g/mol. The van der Waals surface area contributed by atoms with Crippen LogP contribution in [0.25, 0.3) is 16.6 Å². The van der Waals surface area contributed by atoms with Gasteiger partial charge in [-0.3, -0.25) is 14.2 Å². The summed E-state index contributed by atoms with van der Waals surface area (Å²) in [5, 5.41) is 3.44. The van der Waals surface area contributed by atoms with Crippen LogP contribution < -0.4 is 10.9 Å². The third kappa shape index (κ3) is 2.61. The van der Waals surface area contributed by atoms with E-state index in [0.29, 0.717) is 22.5 Å². The van der Waals surface area contributed by atoms with Crippen LogP contribution in [0.4, 0.5) is 0 Å². The number of benzene rings is 2. The fourth-order valence-electron chi connectivity index (χ4n) is 2.53. The highest BCUT2D eigenvalue weighted by molar-refractivity contribution is 5.97. The Bertz CT molecular complexity index is 943. The first-order valence-corrected chi connectivity index (χ1v) is 7.60. The molecule has 0 aliphatic heterocycles. The minimum absolute atomic E-state index is 0.108. The normalized spacial score (nSPS) is 13.9. The van der Waals surface area contributed by atoms with Crippen molar-refractivity contribution in [2.45, 2.75) is 18.9 Å². The number of hydrogen-bond donors (Lipinski definition) is 1. The lowest BCUT2D eigenvalue weighted by molar-refractivity contribution is 0.0951. The molecule has 0 radical (unpaired) electrons. The highest BCUT2D eigenvalue weighted by Crippen LogP contribution is 2.20. The molecule has 4 rings (SSSR count). The maximum absolute atomic E-state index is 12.6. The number of fused-ring (bicyclic) bond motifs is 1. The van der Waals surface area contributed by atoms with Gasteiger partial charge in [-0.1, -0.05) is 18.2 Å². The average molecular weight is 305 g/mol. The number of para-hydroxylation sites is 1. The summed E-state index contributed by atoms with van der Waals surface area (Å²) in [6.07, 6.45) is 3.58. The number of rotatable bonds is 3. The minimum Gasteiger partial charge on any atom is -0.349 e. The number of carbonyl (C=O) groups excluding carboxylic acids is 1. The maximum atomic E-state index is 12.6. The first kappa shape index (κ1) is 13.7. The standard InChI is InChI=1S/C18H15N3O2/c22-17(20-13-7-8-13)12-6-9-15-16(10-12)19-11-21(18(15)23)14-4-2-1-3-5-14/h1-6,9-11,13H,7-8H2,(H,20,22). The van der Waals surface area contributed by atoms with Crippen LogP contribution in [0.1, 0.15) is 23.2 Å². The van der Waals surface area contributed by atoms with Gasteiger partial charge in [0.1, 0.15) is 6.33 Å². The van der Waals surface area contributed by atoms with E-state index >= 15 is 0 Å². The molecule has 1 aromatic heterocycles. The Morgan fingerprint density at radius 3 is 2.65 bits per heavy atom. The molecule has 1 saturated carbocycles. The van der Waals surface area contributed by atoms with E-state index in [1.807, 2.05) is 30.3 Å². The Morgan fingerprint density at radius 2 is 1.91 bits per heavy atom. The summed E-state index contributed by atoms with van der Waals surface area (Å²) in [4.78, 5) is 29.0. The van der Waals surface area contributed by atoms with Crippen molar-refractivity contribution in [3.63, 3.8) is 0 Å². The molecule has 1 heterocycles. The third-order valence-corrected chi connectivity index (χ3v) is 3.97. The van der Waals surface area contributed by atoms with Crippen molar-refractivity contribution in [2.75, 3.05) is 0 Å². The predicted octanol–water partition coefficient (Wildman–Crippen LogP) is 2.28. The molecule has 0 unspecified atom stereocenters. The molecule has 1 N–H and O–H groups in total. The SMILES string of the molecule is O=C(NC1CC1)c1ccc2c(=O)n(-c3ccccc3)cnc2c1. The van der Waals surface area contributed by atoms with Gasteiger partial charge in [-0.25, -0.2) is 4.98 Å². The summed E-state index contributed by atoms with van der Waals surface area (Å²) in [6, 6.07) is 14.7. The van der Waals surface area contributed by atoms with Gasteiger partial charge in [0.05, 0.1) is 16.6 Å². The van der Waals surface area contributed by atoms with Gasteiger partial charge >= 0.3 is 0 Å². The third-order valence-electron chi connectivity index (χ3n) is 3.97. The number of carbonyl (C=O) groups is 1. The largest absolute Gasteiger partial charge is 0.349 e. The second kappa shape index (κ2) is 5.35. The van der Waals surface area contributed by atoms with Crippen LogP contribution in [-0.2, 0) is 0 Å². The molecule has 0 saturated heterocycles. The topological polar surface area (TPSA) is 64.0 Å². The van der Waals surface area contributed by atoms with Crippen molar-refractivity contribution >= 4 is 16.8 Å². The Morgan fingerprint density at radius 1 is 1.13 bits per heavy atom. The summed E-state index contributed by atoms with van der Waals surface area (Å²) >= 11 is 0. The van der Waals surface area contributed by atoms with Gasteiger partial charge < -0.3 is 5.32 Å². The van der Waals surface area contributed by atoms with E-state index < -0.39 is 0 Å². The molecule has 0 spiro atoms. The molecule has 23 heavy (non-hydrogen) atoms. The zero-order chi connectivity index (χ0) is 15.8. The van der Waals surface area contributed by atoms with Crippen molar-refractivity contribution in [1.82, 2.24) is 14.9 Å². The molecule has 1 amide bonds. The molecule has 5 heteroatoms. The van der Waals surface area contributed by atoms with Crippen molar-refractivity contribution in [1.29, 1.82) is 0 Å². The van der Waals surface area contributed by atoms with Crippen molar-refractivity contribution in [2.24, 2.45) is 0 Å². The Labute approximate surface area is 132 Å². The Kier molecular flexibility index (Phi) is 3.19. The lowest BCUT2D eigenvalue weighted by Crippen LogP contribution is -2.25. The molecule has 1 aliphatic rings. The van der Waals surface area contributed by atoms with Crippen LogP contribution >= 0.6 is 0 Å². The summed E-state index contributed by atoms with van der Waals surface area (Å²) < 4.78 is 1.51. The molecular formula is C18H15N3O2. The number of hydrogen-bond acceptors (Lipinski definition) is 3. The molecule has 114 valence electrons. The van der Waals surface area contributed by atoms with Crippen LogP contribution in [0, 0.1) is 0 Å². The molecule has 3 aromatic rings. The second-order valence-electron chi connectivity index (χ2n) is 5.73. The Balaban J connectivity index is 1.76. The van der Waals surface area contributed by atoms with Crippen molar-refractivity contribution in [3.8, 4) is 5.69 Å². The van der Waals surface area contributed by atoms with Gasteiger partial charge in [-0.05, 0) is 43.2 Å². The van der Waals surface area contributed by atoms with Crippen molar-refractivity contribution in [3.05, 3.63) is 70.8 Å².